The Kier molecular flexibility index (Phi) is 6.77. The molecule has 0 aliphatic carbocycles. The summed E-state index contributed by atoms with van der Waals surface area (Å²) in [6.45, 7) is 7.98. The summed E-state index contributed by atoms with van der Waals surface area (Å²) >= 11 is 0. The number of piperazine rings is 1. The van der Waals surface area contributed by atoms with Crippen LogP contribution in [0.5, 0.6) is 0 Å². The molecular formula is C26H31FN6O2. The standard InChI is InChI=1S/C26H31FN6O2/c1-18-16-33(19(2)15-32(18)25-14-29-24-13-21(27)3-4-23(24)30-25)26(34)35-22-7-11-31(12-8-22)17-20-5-9-28-10-6-20/h3-6,9-10,13-14,18-19,22H,7-8,11-12,15-17H2,1-2H3/t18-,19+/m0/s1. The lowest BCUT2D eigenvalue weighted by Gasteiger charge is -2.44. The Bertz CT molecular complexity index is 1170. The van der Waals surface area contributed by atoms with Gasteiger partial charge in [-0.2, -0.15) is 0 Å². The highest BCUT2D eigenvalue weighted by molar-refractivity contribution is 5.75. The smallest absolute Gasteiger partial charge is 0.410 e. The van der Waals surface area contributed by atoms with E-state index in [0.717, 1.165) is 38.3 Å². The van der Waals surface area contributed by atoms with Crippen molar-refractivity contribution in [3.8, 4) is 0 Å². The molecule has 2 aliphatic rings. The molecule has 2 saturated heterocycles. The zero-order valence-electron chi connectivity index (χ0n) is 20.2. The predicted molar refractivity (Wildman–Crippen MR) is 131 cm³/mol. The van der Waals surface area contributed by atoms with Gasteiger partial charge in [-0.05, 0) is 56.5 Å². The molecule has 2 aliphatic heterocycles. The third-order valence-electron chi connectivity index (χ3n) is 6.96. The number of ether oxygens (including phenoxy) is 1. The largest absolute Gasteiger partial charge is 0.446 e. The van der Waals surface area contributed by atoms with Gasteiger partial charge < -0.3 is 14.5 Å². The Balaban J connectivity index is 1.15. The van der Waals surface area contributed by atoms with E-state index in [1.807, 2.05) is 36.4 Å². The quantitative estimate of drug-likeness (QED) is 0.564. The van der Waals surface area contributed by atoms with Crippen molar-refractivity contribution >= 4 is 22.9 Å². The number of amides is 1. The molecule has 0 saturated carbocycles. The number of likely N-dealkylation sites (tertiary alicyclic amines) is 1. The fourth-order valence-corrected chi connectivity index (χ4v) is 4.95. The molecule has 35 heavy (non-hydrogen) atoms. The zero-order chi connectivity index (χ0) is 24.4. The molecule has 0 bridgehead atoms. The molecule has 184 valence electrons. The lowest BCUT2D eigenvalue weighted by atomic mass is 10.1. The molecule has 0 radical (unpaired) electrons. The minimum atomic E-state index is -0.326. The average Bonchev–Trinajstić information content (AvgIpc) is 2.86. The second-order valence-electron chi connectivity index (χ2n) is 9.58. The number of halogens is 1. The van der Waals surface area contributed by atoms with Gasteiger partial charge in [-0.3, -0.25) is 14.9 Å². The summed E-state index contributed by atoms with van der Waals surface area (Å²) in [5, 5.41) is 0. The van der Waals surface area contributed by atoms with E-state index in [2.05, 4.69) is 31.7 Å². The van der Waals surface area contributed by atoms with Gasteiger partial charge in [0.2, 0.25) is 0 Å². The molecule has 8 nitrogen and oxygen atoms in total. The first-order valence-corrected chi connectivity index (χ1v) is 12.2. The van der Waals surface area contributed by atoms with Gasteiger partial charge in [-0.15, -0.1) is 0 Å². The molecule has 0 spiro atoms. The van der Waals surface area contributed by atoms with Crippen molar-refractivity contribution in [1.29, 1.82) is 0 Å². The number of carbonyl (C=O) groups is 1. The molecule has 1 amide bonds. The predicted octanol–water partition coefficient (Wildman–Crippen LogP) is 3.86. The van der Waals surface area contributed by atoms with Crippen LogP contribution >= 0.6 is 0 Å². The van der Waals surface area contributed by atoms with Crippen molar-refractivity contribution in [3.05, 3.63) is 60.3 Å². The van der Waals surface area contributed by atoms with E-state index < -0.39 is 0 Å². The molecular weight excluding hydrogens is 447 g/mol. The van der Waals surface area contributed by atoms with Crippen molar-refractivity contribution < 1.29 is 13.9 Å². The summed E-state index contributed by atoms with van der Waals surface area (Å²) in [5.74, 6) is 0.408. The van der Waals surface area contributed by atoms with Crippen LogP contribution in [0.15, 0.2) is 48.9 Å². The summed E-state index contributed by atoms with van der Waals surface area (Å²) in [7, 11) is 0. The van der Waals surface area contributed by atoms with Crippen molar-refractivity contribution in [2.75, 3.05) is 31.1 Å². The normalized spacial score (nSPS) is 21.9. The van der Waals surface area contributed by atoms with Crippen LogP contribution in [0.1, 0.15) is 32.3 Å². The number of piperidine rings is 1. The fraction of sp³-hybridized carbons (Fsp3) is 0.462. The third-order valence-corrected chi connectivity index (χ3v) is 6.96. The number of hydrogen-bond donors (Lipinski definition) is 0. The Morgan fingerprint density at radius 2 is 1.83 bits per heavy atom. The van der Waals surface area contributed by atoms with Gasteiger partial charge in [-0.25, -0.2) is 14.2 Å². The summed E-state index contributed by atoms with van der Waals surface area (Å²) in [5.41, 5.74) is 2.43. The van der Waals surface area contributed by atoms with Gasteiger partial charge in [0.1, 0.15) is 17.7 Å². The van der Waals surface area contributed by atoms with Crippen LogP contribution in [0.3, 0.4) is 0 Å². The van der Waals surface area contributed by atoms with E-state index in [4.69, 9.17) is 4.74 Å². The Hall–Kier alpha value is -3.33. The van der Waals surface area contributed by atoms with Crippen LogP contribution in [-0.4, -0.2) is 75.2 Å². The first-order valence-electron chi connectivity index (χ1n) is 12.2. The monoisotopic (exact) mass is 478 g/mol. The Morgan fingerprint density at radius 1 is 1.06 bits per heavy atom. The van der Waals surface area contributed by atoms with Gasteiger partial charge >= 0.3 is 6.09 Å². The lowest BCUT2D eigenvalue weighted by Crippen LogP contribution is -2.59. The molecule has 4 heterocycles. The van der Waals surface area contributed by atoms with Gasteiger partial charge in [0.25, 0.3) is 0 Å². The number of fused-ring (bicyclic) bond motifs is 1. The van der Waals surface area contributed by atoms with Crippen LogP contribution in [-0.2, 0) is 11.3 Å². The highest BCUT2D eigenvalue weighted by atomic mass is 19.1. The fourth-order valence-electron chi connectivity index (χ4n) is 4.95. The second kappa shape index (κ2) is 10.1. The van der Waals surface area contributed by atoms with Crippen molar-refractivity contribution in [1.82, 2.24) is 24.8 Å². The second-order valence-corrected chi connectivity index (χ2v) is 9.58. The van der Waals surface area contributed by atoms with Crippen molar-refractivity contribution in [2.24, 2.45) is 0 Å². The highest BCUT2D eigenvalue weighted by Crippen LogP contribution is 2.25. The first-order chi connectivity index (χ1) is 17.0. The van der Waals surface area contributed by atoms with Gasteiger partial charge in [-0.1, -0.05) is 0 Å². The van der Waals surface area contributed by atoms with Gasteiger partial charge in [0.05, 0.1) is 17.2 Å². The van der Waals surface area contributed by atoms with Gasteiger partial charge in [0, 0.05) is 63.3 Å². The number of carbonyl (C=O) groups excluding carboxylic acids is 1. The maximum absolute atomic E-state index is 13.5. The molecule has 9 heteroatoms. The van der Waals surface area contributed by atoms with Gasteiger partial charge in [0.15, 0.2) is 0 Å². The lowest BCUT2D eigenvalue weighted by molar-refractivity contribution is 0.0166. The number of benzene rings is 1. The van der Waals surface area contributed by atoms with E-state index in [9.17, 15) is 9.18 Å². The SMILES string of the molecule is C[C@@H]1CN(c2cnc3cc(F)ccc3n2)[C@@H](C)CN1C(=O)OC1CCN(Cc2ccncc2)CC1. The number of rotatable bonds is 4. The maximum atomic E-state index is 13.5. The summed E-state index contributed by atoms with van der Waals surface area (Å²) in [4.78, 5) is 32.6. The Labute approximate surface area is 204 Å². The molecule has 3 aromatic rings. The van der Waals surface area contributed by atoms with Crippen LogP contribution in [0.25, 0.3) is 11.0 Å². The molecule has 2 aromatic heterocycles. The molecule has 0 unspecified atom stereocenters. The number of nitrogens with zero attached hydrogens (tertiary/aromatic N) is 6. The number of hydrogen-bond acceptors (Lipinski definition) is 7. The summed E-state index contributed by atoms with van der Waals surface area (Å²) in [6.07, 6.45) is 6.71. The van der Waals surface area contributed by atoms with Crippen molar-refractivity contribution in [2.45, 2.75) is 51.4 Å². The third kappa shape index (κ3) is 5.35. The highest BCUT2D eigenvalue weighted by Gasteiger charge is 2.35. The van der Waals surface area contributed by atoms with E-state index >= 15 is 0 Å². The average molecular weight is 479 g/mol. The first kappa shape index (κ1) is 23.4. The van der Waals surface area contributed by atoms with E-state index in [1.165, 1.54) is 17.7 Å². The molecule has 5 rings (SSSR count). The Morgan fingerprint density at radius 3 is 2.60 bits per heavy atom. The zero-order valence-corrected chi connectivity index (χ0v) is 20.2. The van der Waals surface area contributed by atoms with Crippen LogP contribution in [0.2, 0.25) is 0 Å². The number of anilines is 1. The maximum Gasteiger partial charge on any atom is 0.410 e. The van der Waals surface area contributed by atoms with Crippen LogP contribution in [0, 0.1) is 5.82 Å². The summed E-state index contributed by atoms with van der Waals surface area (Å²) in [6, 6.07) is 8.52. The summed E-state index contributed by atoms with van der Waals surface area (Å²) < 4.78 is 19.4. The van der Waals surface area contributed by atoms with Crippen LogP contribution in [0.4, 0.5) is 15.0 Å². The minimum absolute atomic E-state index is 0.0313. The topological polar surface area (TPSA) is 74.7 Å². The van der Waals surface area contributed by atoms with Crippen LogP contribution < -0.4 is 4.90 Å². The van der Waals surface area contributed by atoms with E-state index in [1.54, 1.807) is 12.3 Å². The van der Waals surface area contributed by atoms with Crippen molar-refractivity contribution in [3.63, 3.8) is 0 Å². The number of aromatic nitrogens is 3. The molecule has 2 fully saturated rings. The molecule has 2 atom stereocenters. The minimum Gasteiger partial charge on any atom is -0.446 e. The molecule has 1 aromatic carbocycles. The van der Waals surface area contributed by atoms with E-state index in [0.29, 0.717) is 24.1 Å². The molecule has 0 N–H and O–H groups in total. The van der Waals surface area contributed by atoms with E-state index in [-0.39, 0.29) is 30.1 Å². The number of pyridine rings is 1.